The number of rotatable bonds is 3. The molecule has 0 heterocycles. The van der Waals surface area contributed by atoms with Gasteiger partial charge in [-0.2, -0.15) is 0 Å². The monoisotopic (exact) mass is 252 g/mol. The van der Waals surface area contributed by atoms with E-state index in [0.29, 0.717) is 0 Å². The van der Waals surface area contributed by atoms with E-state index in [9.17, 15) is 9.59 Å². The average molecular weight is 253 g/mol. The van der Waals surface area contributed by atoms with E-state index < -0.39 is 28.7 Å². The van der Waals surface area contributed by atoms with Crippen molar-refractivity contribution >= 4 is 35.1 Å². The van der Waals surface area contributed by atoms with Crippen LogP contribution in [0.5, 0.6) is 0 Å². The third-order valence-electron chi connectivity index (χ3n) is 3.14. The summed E-state index contributed by atoms with van der Waals surface area (Å²) in [6, 6.07) is 0. The Balaban J connectivity index is 3.20. The summed E-state index contributed by atoms with van der Waals surface area (Å²) in [5.41, 5.74) is -2.71. The highest BCUT2D eigenvalue weighted by Crippen LogP contribution is 2.70. The fraction of sp³-hybridized carbons (Fsp3) is 0.556. The second-order valence-corrected chi connectivity index (χ2v) is 5.08. The fourth-order valence-electron chi connectivity index (χ4n) is 2.17. The summed E-state index contributed by atoms with van der Waals surface area (Å²) < 4.78 is -0.113. The zero-order valence-electron chi connectivity index (χ0n) is 8.12. The van der Waals surface area contributed by atoms with Gasteiger partial charge in [0, 0.05) is 11.3 Å². The molecule has 1 unspecified atom stereocenters. The van der Waals surface area contributed by atoms with Crippen molar-refractivity contribution in [2.75, 3.05) is 0 Å². The molecule has 0 radical (unpaired) electrons. The predicted octanol–water partition coefficient (Wildman–Crippen LogP) is 2.12. The van der Waals surface area contributed by atoms with E-state index in [4.69, 9.17) is 33.4 Å². The maximum absolute atomic E-state index is 11.0. The van der Waals surface area contributed by atoms with E-state index >= 15 is 0 Å². The fourth-order valence-corrected chi connectivity index (χ4v) is 2.42. The molecule has 0 aromatic rings. The van der Waals surface area contributed by atoms with Gasteiger partial charge in [0.15, 0.2) is 5.41 Å². The number of hydrogen-bond donors (Lipinski definition) is 2. The average Bonchev–Trinajstić information content (AvgIpc) is 2.47. The smallest absolute Gasteiger partial charge is 0.322 e. The molecule has 2 N–H and O–H groups in total. The highest BCUT2D eigenvalue weighted by molar-refractivity contribution is 6.55. The Morgan fingerprint density at radius 2 is 1.60 bits per heavy atom. The summed E-state index contributed by atoms with van der Waals surface area (Å²) in [5, 5.41) is 18.0. The lowest BCUT2D eigenvalue weighted by Gasteiger charge is -2.08. The molecule has 0 aromatic heterocycles. The van der Waals surface area contributed by atoms with E-state index in [1.165, 1.54) is 6.08 Å². The molecule has 4 nitrogen and oxygen atoms in total. The Morgan fingerprint density at radius 1 is 1.20 bits per heavy atom. The Bertz CT molecular complexity index is 341. The van der Waals surface area contributed by atoms with Crippen molar-refractivity contribution in [1.29, 1.82) is 0 Å². The number of carboxylic acids is 2. The number of allylic oxidation sites excluding steroid dienone is 1. The molecule has 0 aliphatic heterocycles. The minimum Gasteiger partial charge on any atom is -0.480 e. The van der Waals surface area contributed by atoms with Gasteiger partial charge in [-0.3, -0.25) is 9.59 Å². The number of halogens is 2. The standard InChI is InChI=1S/C9H10Cl2O4/c1-8(2)4(3-5(10)11)9(8,6(12)13)7(14)15/h3-4H,1-2H3,(H,12,13)(H,14,15). The summed E-state index contributed by atoms with van der Waals surface area (Å²) in [4.78, 5) is 22.1. The highest BCUT2D eigenvalue weighted by Gasteiger charge is 2.80. The van der Waals surface area contributed by atoms with E-state index in [-0.39, 0.29) is 4.49 Å². The van der Waals surface area contributed by atoms with E-state index in [2.05, 4.69) is 0 Å². The van der Waals surface area contributed by atoms with Gasteiger partial charge in [0.1, 0.15) is 4.49 Å². The van der Waals surface area contributed by atoms with Crippen LogP contribution in [0.25, 0.3) is 0 Å². The second kappa shape index (κ2) is 3.39. The minimum atomic E-state index is -1.82. The molecule has 0 aromatic carbocycles. The van der Waals surface area contributed by atoms with Crippen LogP contribution in [0.3, 0.4) is 0 Å². The summed E-state index contributed by atoms with van der Waals surface area (Å²) in [6.07, 6.45) is 1.27. The molecule has 1 atom stereocenters. The van der Waals surface area contributed by atoms with Crippen LogP contribution >= 0.6 is 23.2 Å². The van der Waals surface area contributed by atoms with Crippen LogP contribution in [0.4, 0.5) is 0 Å². The van der Waals surface area contributed by atoms with Crippen molar-refractivity contribution in [3.05, 3.63) is 10.6 Å². The maximum atomic E-state index is 11.0. The van der Waals surface area contributed by atoms with Crippen LogP contribution in [-0.2, 0) is 9.59 Å². The van der Waals surface area contributed by atoms with E-state index in [1.54, 1.807) is 13.8 Å². The number of aliphatic carboxylic acids is 2. The molecule has 1 aliphatic carbocycles. The van der Waals surface area contributed by atoms with Crippen LogP contribution in [0.2, 0.25) is 0 Å². The normalized spacial score (nSPS) is 25.5. The van der Waals surface area contributed by atoms with Crippen molar-refractivity contribution in [1.82, 2.24) is 0 Å². The van der Waals surface area contributed by atoms with E-state index in [1.807, 2.05) is 0 Å². The van der Waals surface area contributed by atoms with Crippen molar-refractivity contribution in [3.63, 3.8) is 0 Å². The quantitative estimate of drug-likeness (QED) is 0.755. The minimum absolute atomic E-state index is 0.113. The Kier molecular flexibility index (Phi) is 2.78. The SMILES string of the molecule is CC1(C)C(C=C(Cl)Cl)C1(C(=O)O)C(=O)O. The first-order chi connectivity index (χ1) is 6.69. The summed E-state index contributed by atoms with van der Waals surface area (Å²) in [7, 11) is 0. The Labute approximate surface area is 96.5 Å². The molecule has 15 heavy (non-hydrogen) atoms. The lowest BCUT2D eigenvalue weighted by molar-refractivity contribution is -0.159. The molecule has 6 heteroatoms. The number of carbonyl (C=O) groups is 2. The highest BCUT2D eigenvalue weighted by atomic mass is 35.5. The van der Waals surface area contributed by atoms with E-state index in [0.717, 1.165) is 0 Å². The largest absolute Gasteiger partial charge is 0.480 e. The molecule has 0 spiro atoms. The van der Waals surface area contributed by atoms with Crippen molar-refractivity contribution in [2.45, 2.75) is 13.8 Å². The lowest BCUT2D eigenvalue weighted by Crippen LogP contribution is -2.30. The van der Waals surface area contributed by atoms with Gasteiger partial charge in [0.2, 0.25) is 0 Å². The van der Waals surface area contributed by atoms with Gasteiger partial charge in [-0.05, 0) is 6.08 Å². The van der Waals surface area contributed by atoms with Crippen LogP contribution in [0.15, 0.2) is 10.6 Å². The molecule has 84 valence electrons. The first-order valence-electron chi connectivity index (χ1n) is 4.18. The molecule has 0 saturated heterocycles. The molecule has 1 rings (SSSR count). The van der Waals surface area contributed by atoms with Crippen molar-refractivity contribution in [3.8, 4) is 0 Å². The first kappa shape index (κ1) is 12.3. The van der Waals surface area contributed by atoms with Gasteiger partial charge >= 0.3 is 11.9 Å². The van der Waals surface area contributed by atoms with Gasteiger partial charge in [-0.1, -0.05) is 37.0 Å². The summed E-state index contributed by atoms with van der Waals surface area (Å²) >= 11 is 10.8. The van der Waals surface area contributed by atoms with Crippen LogP contribution < -0.4 is 0 Å². The molecule has 1 aliphatic rings. The third-order valence-corrected chi connectivity index (χ3v) is 3.40. The van der Waals surface area contributed by atoms with Gasteiger partial charge in [-0.15, -0.1) is 0 Å². The molecule has 1 fully saturated rings. The topological polar surface area (TPSA) is 74.6 Å². The molecule has 1 saturated carbocycles. The van der Waals surface area contributed by atoms with Gasteiger partial charge in [-0.25, -0.2) is 0 Å². The molecule has 0 bridgehead atoms. The third kappa shape index (κ3) is 1.43. The predicted molar refractivity (Wildman–Crippen MR) is 54.8 cm³/mol. The number of carboxylic acid groups (broad SMARTS) is 2. The van der Waals surface area contributed by atoms with Crippen molar-refractivity contribution < 1.29 is 19.8 Å². The maximum Gasteiger partial charge on any atom is 0.322 e. The molecular weight excluding hydrogens is 243 g/mol. The second-order valence-electron chi connectivity index (χ2n) is 4.07. The summed E-state index contributed by atoms with van der Waals surface area (Å²) in [5.74, 6) is -3.42. The van der Waals surface area contributed by atoms with Crippen LogP contribution in [0, 0.1) is 16.7 Å². The zero-order valence-corrected chi connectivity index (χ0v) is 9.63. The first-order valence-corrected chi connectivity index (χ1v) is 4.94. The van der Waals surface area contributed by atoms with Crippen molar-refractivity contribution in [2.24, 2.45) is 16.7 Å². The van der Waals surface area contributed by atoms with Gasteiger partial charge < -0.3 is 10.2 Å². The summed E-state index contributed by atoms with van der Waals surface area (Å²) in [6.45, 7) is 3.13. The Hall–Kier alpha value is -0.740. The zero-order chi connectivity index (χ0) is 12.0. The number of hydrogen-bond acceptors (Lipinski definition) is 2. The van der Waals surface area contributed by atoms with Crippen LogP contribution in [0.1, 0.15) is 13.8 Å². The lowest BCUT2D eigenvalue weighted by atomic mass is 9.96. The molecular formula is C9H10Cl2O4. The molecule has 0 amide bonds. The van der Waals surface area contributed by atoms with Crippen LogP contribution in [-0.4, -0.2) is 22.2 Å². The van der Waals surface area contributed by atoms with Gasteiger partial charge in [0.25, 0.3) is 0 Å². The van der Waals surface area contributed by atoms with Gasteiger partial charge in [0.05, 0.1) is 0 Å². The Morgan fingerprint density at radius 3 is 1.80 bits per heavy atom.